The standard InChI is InChI=1S/C17H20O2/c1-19-16-6-5-14-9-13(3-4-15(14)10-16)11-17(12-18)7-2-8-17/h3-6,9-10,18H,2,7-8,11-12H2,1H3. The minimum atomic E-state index is 0.153. The quantitative estimate of drug-likeness (QED) is 0.906. The van der Waals surface area contributed by atoms with Gasteiger partial charge in [0.2, 0.25) is 0 Å². The number of ether oxygens (including phenoxy) is 1. The third-order valence-electron chi connectivity index (χ3n) is 4.44. The predicted octanol–water partition coefficient (Wildman–Crippen LogP) is 3.55. The van der Waals surface area contributed by atoms with Crippen LogP contribution in [-0.2, 0) is 6.42 Å². The van der Waals surface area contributed by atoms with Gasteiger partial charge in [-0.15, -0.1) is 0 Å². The Morgan fingerprint density at radius 1 is 1.11 bits per heavy atom. The molecule has 0 aliphatic heterocycles. The van der Waals surface area contributed by atoms with Crippen LogP contribution in [0.4, 0.5) is 0 Å². The zero-order valence-corrected chi connectivity index (χ0v) is 11.4. The van der Waals surface area contributed by atoms with Gasteiger partial charge in [0, 0.05) is 6.61 Å². The minimum absolute atomic E-state index is 0.153. The molecule has 0 heterocycles. The topological polar surface area (TPSA) is 29.5 Å². The van der Waals surface area contributed by atoms with Crippen molar-refractivity contribution in [3.63, 3.8) is 0 Å². The van der Waals surface area contributed by atoms with Crippen molar-refractivity contribution in [2.45, 2.75) is 25.7 Å². The molecule has 1 aliphatic carbocycles. The fourth-order valence-corrected chi connectivity index (χ4v) is 3.01. The average molecular weight is 256 g/mol. The van der Waals surface area contributed by atoms with Gasteiger partial charge in [-0.05, 0) is 53.1 Å². The Labute approximate surface area is 114 Å². The minimum Gasteiger partial charge on any atom is -0.497 e. The van der Waals surface area contributed by atoms with E-state index in [4.69, 9.17) is 4.74 Å². The van der Waals surface area contributed by atoms with Crippen molar-refractivity contribution >= 4 is 10.8 Å². The molecule has 0 aromatic heterocycles. The smallest absolute Gasteiger partial charge is 0.119 e. The SMILES string of the molecule is COc1ccc2cc(CC3(CO)CCC3)ccc2c1. The van der Waals surface area contributed by atoms with Crippen LogP contribution in [0.3, 0.4) is 0 Å². The lowest BCUT2D eigenvalue weighted by Crippen LogP contribution is -2.35. The molecule has 19 heavy (non-hydrogen) atoms. The van der Waals surface area contributed by atoms with Crippen molar-refractivity contribution in [3.8, 4) is 5.75 Å². The maximum absolute atomic E-state index is 9.56. The molecule has 2 heteroatoms. The summed E-state index contributed by atoms with van der Waals surface area (Å²) in [6.45, 7) is 0.313. The number of rotatable bonds is 4. The molecule has 1 fully saturated rings. The van der Waals surface area contributed by atoms with Crippen LogP contribution in [-0.4, -0.2) is 18.8 Å². The van der Waals surface area contributed by atoms with Gasteiger partial charge in [-0.2, -0.15) is 0 Å². The first-order valence-corrected chi connectivity index (χ1v) is 6.92. The normalized spacial score (nSPS) is 17.2. The van der Waals surface area contributed by atoms with Gasteiger partial charge in [0.15, 0.2) is 0 Å². The largest absolute Gasteiger partial charge is 0.497 e. The summed E-state index contributed by atoms with van der Waals surface area (Å²) >= 11 is 0. The number of aliphatic hydroxyl groups is 1. The van der Waals surface area contributed by atoms with Crippen molar-refractivity contribution in [2.75, 3.05) is 13.7 Å². The van der Waals surface area contributed by atoms with Gasteiger partial charge in [0.1, 0.15) is 5.75 Å². The van der Waals surface area contributed by atoms with Gasteiger partial charge in [-0.3, -0.25) is 0 Å². The Morgan fingerprint density at radius 3 is 2.47 bits per heavy atom. The third kappa shape index (κ3) is 2.33. The second-order valence-electron chi connectivity index (χ2n) is 5.74. The molecular formula is C17H20O2. The van der Waals surface area contributed by atoms with Gasteiger partial charge in [0.05, 0.1) is 7.11 Å². The highest BCUT2D eigenvalue weighted by Gasteiger charge is 2.36. The second kappa shape index (κ2) is 4.86. The van der Waals surface area contributed by atoms with E-state index in [9.17, 15) is 5.11 Å². The molecule has 0 spiro atoms. The van der Waals surface area contributed by atoms with E-state index < -0.39 is 0 Å². The van der Waals surface area contributed by atoms with Gasteiger partial charge in [-0.1, -0.05) is 30.7 Å². The first-order chi connectivity index (χ1) is 9.24. The zero-order valence-electron chi connectivity index (χ0n) is 11.4. The van der Waals surface area contributed by atoms with E-state index >= 15 is 0 Å². The van der Waals surface area contributed by atoms with Crippen LogP contribution < -0.4 is 4.74 Å². The van der Waals surface area contributed by atoms with Crippen LogP contribution >= 0.6 is 0 Å². The molecule has 2 nitrogen and oxygen atoms in total. The van der Waals surface area contributed by atoms with Crippen LogP contribution in [0.25, 0.3) is 10.8 Å². The molecule has 0 atom stereocenters. The first kappa shape index (κ1) is 12.5. The number of hydrogen-bond acceptors (Lipinski definition) is 2. The van der Waals surface area contributed by atoms with Gasteiger partial charge in [0.25, 0.3) is 0 Å². The summed E-state index contributed by atoms with van der Waals surface area (Å²) in [6, 6.07) is 12.7. The van der Waals surface area contributed by atoms with Crippen molar-refractivity contribution in [2.24, 2.45) is 5.41 Å². The van der Waals surface area contributed by atoms with Crippen molar-refractivity contribution in [3.05, 3.63) is 42.0 Å². The average Bonchev–Trinajstić information content (AvgIpc) is 2.42. The van der Waals surface area contributed by atoms with E-state index in [1.165, 1.54) is 22.8 Å². The fraction of sp³-hybridized carbons (Fsp3) is 0.412. The maximum Gasteiger partial charge on any atom is 0.119 e. The molecular weight excluding hydrogens is 236 g/mol. The van der Waals surface area contributed by atoms with Crippen molar-refractivity contribution in [1.29, 1.82) is 0 Å². The lowest BCUT2D eigenvalue weighted by Gasteiger charge is -2.40. The Kier molecular flexibility index (Phi) is 3.19. The van der Waals surface area contributed by atoms with Crippen molar-refractivity contribution < 1.29 is 9.84 Å². The van der Waals surface area contributed by atoms with E-state index in [1.807, 2.05) is 6.07 Å². The molecule has 100 valence electrons. The maximum atomic E-state index is 9.56. The van der Waals surface area contributed by atoms with E-state index in [2.05, 4.69) is 30.3 Å². The Morgan fingerprint density at radius 2 is 1.84 bits per heavy atom. The summed E-state index contributed by atoms with van der Waals surface area (Å²) in [5.41, 5.74) is 1.48. The highest BCUT2D eigenvalue weighted by molar-refractivity contribution is 5.84. The summed E-state index contributed by atoms with van der Waals surface area (Å²) in [7, 11) is 1.69. The van der Waals surface area contributed by atoms with Crippen LogP contribution in [0.2, 0.25) is 0 Å². The summed E-state index contributed by atoms with van der Waals surface area (Å²) in [5, 5.41) is 12.0. The number of aliphatic hydroxyl groups excluding tert-OH is 1. The lowest BCUT2D eigenvalue weighted by atomic mass is 9.66. The molecule has 0 saturated heterocycles. The van der Waals surface area contributed by atoms with Gasteiger partial charge in [-0.25, -0.2) is 0 Å². The number of methoxy groups -OCH3 is 1. The third-order valence-corrected chi connectivity index (χ3v) is 4.44. The fourth-order valence-electron chi connectivity index (χ4n) is 3.01. The van der Waals surface area contributed by atoms with E-state index in [0.29, 0.717) is 6.61 Å². The van der Waals surface area contributed by atoms with Crippen LogP contribution in [0.5, 0.6) is 5.75 Å². The van der Waals surface area contributed by atoms with Crippen LogP contribution in [0.1, 0.15) is 24.8 Å². The molecule has 0 bridgehead atoms. The summed E-state index contributed by atoms with van der Waals surface area (Å²) in [4.78, 5) is 0. The molecule has 2 aromatic rings. The van der Waals surface area contributed by atoms with Crippen molar-refractivity contribution in [1.82, 2.24) is 0 Å². The molecule has 3 rings (SSSR count). The molecule has 0 unspecified atom stereocenters. The van der Waals surface area contributed by atoms with Gasteiger partial charge < -0.3 is 9.84 Å². The second-order valence-corrected chi connectivity index (χ2v) is 5.74. The molecule has 2 aromatic carbocycles. The lowest BCUT2D eigenvalue weighted by molar-refractivity contribution is 0.0450. The molecule has 1 aliphatic rings. The first-order valence-electron chi connectivity index (χ1n) is 6.92. The van der Waals surface area contributed by atoms with Gasteiger partial charge >= 0.3 is 0 Å². The summed E-state index contributed by atoms with van der Waals surface area (Å²) in [5.74, 6) is 0.895. The number of benzene rings is 2. The number of fused-ring (bicyclic) bond motifs is 1. The Balaban J connectivity index is 1.89. The van der Waals surface area contributed by atoms with E-state index in [1.54, 1.807) is 7.11 Å². The highest BCUT2D eigenvalue weighted by atomic mass is 16.5. The highest BCUT2D eigenvalue weighted by Crippen LogP contribution is 2.43. The monoisotopic (exact) mass is 256 g/mol. The zero-order chi connectivity index (χ0) is 13.3. The molecule has 0 amide bonds. The summed E-state index contributed by atoms with van der Waals surface area (Å²) in [6.07, 6.45) is 4.56. The van der Waals surface area contributed by atoms with E-state index in [0.717, 1.165) is 25.0 Å². The Bertz CT molecular complexity index is 579. The summed E-state index contributed by atoms with van der Waals surface area (Å²) < 4.78 is 5.24. The predicted molar refractivity (Wildman–Crippen MR) is 77.6 cm³/mol. The molecule has 1 saturated carbocycles. The molecule has 0 radical (unpaired) electrons. The number of hydrogen-bond donors (Lipinski definition) is 1. The van der Waals surface area contributed by atoms with Crippen LogP contribution in [0, 0.1) is 5.41 Å². The van der Waals surface area contributed by atoms with E-state index in [-0.39, 0.29) is 5.41 Å². The van der Waals surface area contributed by atoms with Crippen LogP contribution in [0.15, 0.2) is 36.4 Å². The Hall–Kier alpha value is -1.54. The molecule has 1 N–H and O–H groups in total.